The Morgan fingerprint density at radius 3 is 2.53 bits per heavy atom. The topological polar surface area (TPSA) is 43.1 Å². The van der Waals surface area contributed by atoms with Crippen LogP contribution in [0, 0.1) is 0 Å². The quantitative estimate of drug-likeness (QED) is 0.810. The summed E-state index contributed by atoms with van der Waals surface area (Å²) in [6.45, 7) is 2.91. The number of hydrogen-bond acceptors (Lipinski definition) is 2. The van der Waals surface area contributed by atoms with E-state index in [1.54, 1.807) is 25.1 Å². The molecule has 0 heterocycles. The molecule has 82 valence electrons. The Morgan fingerprint density at radius 1 is 1.47 bits per heavy atom. The summed E-state index contributed by atoms with van der Waals surface area (Å²) in [6, 6.07) is 4.07. The molecule has 0 aliphatic rings. The second kappa shape index (κ2) is 4.73. The molecule has 0 fully saturated rings. The van der Waals surface area contributed by atoms with Crippen molar-refractivity contribution in [3.05, 3.63) is 34.3 Å². The van der Waals surface area contributed by atoms with Gasteiger partial charge in [0.15, 0.2) is 5.78 Å². The van der Waals surface area contributed by atoms with Crippen molar-refractivity contribution in [3.8, 4) is 0 Å². The molecule has 2 unspecified atom stereocenters. The van der Waals surface area contributed by atoms with Crippen molar-refractivity contribution in [1.82, 2.24) is 0 Å². The fourth-order valence-corrected chi connectivity index (χ4v) is 1.73. The summed E-state index contributed by atoms with van der Waals surface area (Å²) < 4.78 is 13.3. The van der Waals surface area contributed by atoms with E-state index in [1.807, 2.05) is 0 Å². The number of benzene rings is 1. The van der Waals surface area contributed by atoms with Crippen LogP contribution in [0.5, 0.6) is 0 Å². The highest BCUT2D eigenvalue weighted by molar-refractivity contribution is 6.32. The van der Waals surface area contributed by atoms with Gasteiger partial charge in [-0.25, -0.2) is 4.39 Å². The molecule has 0 spiro atoms. The lowest BCUT2D eigenvalue weighted by Gasteiger charge is -2.13. The molecule has 0 aliphatic heterocycles. The van der Waals surface area contributed by atoms with Crippen molar-refractivity contribution < 1.29 is 9.18 Å². The Bertz CT molecular complexity index is 377. The largest absolute Gasteiger partial charge is 0.321 e. The van der Waals surface area contributed by atoms with Gasteiger partial charge in [0, 0.05) is 16.1 Å². The molecule has 0 amide bonds. The second-order valence-corrected chi connectivity index (χ2v) is 3.88. The molecule has 2 nitrogen and oxygen atoms in total. The third-order valence-corrected chi connectivity index (χ3v) is 2.46. The SMILES string of the molecule is CC(N)C(=O)c1cccc(Cl)c1C(C)F. The molecule has 0 aromatic heterocycles. The minimum atomic E-state index is -1.28. The van der Waals surface area contributed by atoms with Crippen LogP contribution in [-0.4, -0.2) is 11.8 Å². The fraction of sp³-hybridized carbons (Fsp3) is 0.364. The first-order valence-corrected chi connectivity index (χ1v) is 5.05. The summed E-state index contributed by atoms with van der Waals surface area (Å²) in [6.07, 6.45) is -1.28. The van der Waals surface area contributed by atoms with E-state index < -0.39 is 12.2 Å². The molecule has 4 heteroatoms. The Hall–Kier alpha value is -0.930. The predicted molar refractivity (Wildman–Crippen MR) is 59.0 cm³/mol. The maximum absolute atomic E-state index is 13.3. The van der Waals surface area contributed by atoms with E-state index in [1.165, 1.54) is 6.92 Å². The number of rotatable bonds is 3. The van der Waals surface area contributed by atoms with Gasteiger partial charge in [-0.05, 0) is 19.9 Å². The molecule has 1 aromatic carbocycles. The highest BCUT2D eigenvalue weighted by Gasteiger charge is 2.20. The third-order valence-electron chi connectivity index (χ3n) is 2.13. The second-order valence-electron chi connectivity index (χ2n) is 3.47. The number of alkyl halides is 1. The molecule has 2 N–H and O–H groups in total. The number of Topliss-reactive ketones (excluding diaryl/α,β-unsaturated/α-hetero) is 1. The molecule has 1 aromatic rings. The van der Waals surface area contributed by atoms with Crippen molar-refractivity contribution in [1.29, 1.82) is 0 Å². The minimum Gasteiger partial charge on any atom is -0.321 e. The maximum atomic E-state index is 13.3. The maximum Gasteiger partial charge on any atom is 0.179 e. The van der Waals surface area contributed by atoms with Crippen LogP contribution < -0.4 is 5.73 Å². The predicted octanol–water partition coefficient (Wildman–Crippen LogP) is 2.90. The Morgan fingerprint density at radius 2 is 2.07 bits per heavy atom. The van der Waals surface area contributed by atoms with E-state index in [4.69, 9.17) is 17.3 Å². The van der Waals surface area contributed by atoms with Crippen molar-refractivity contribution >= 4 is 17.4 Å². The van der Waals surface area contributed by atoms with Crippen LogP contribution >= 0.6 is 11.6 Å². The molecule has 1 rings (SSSR count). The highest BCUT2D eigenvalue weighted by Crippen LogP contribution is 2.29. The van der Waals surface area contributed by atoms with Gasteiger partial charge in [0.25, 0.3) is 0 Å². The molecule has 0 radical (unpaired) electrons. The van der Waals surface area contributed by atoms with Crippen LogP contribution in [0.15, 0.2) is 18.2 Å². The van der Waals surface area contributed by atoms with Gasteiger partial charge in [0.05, 0.1) is 6.04 Å². The van der Waals surface area contributed by atoms with Gasteiger partial charge < -0.3 is 5.73 Å². The van der Waals surface area contributed by atoms with E-state index >= 15 is 0 Å². The van der Waals surface area contributed by atoms with Gasteiger partial charge in [0.1, 0.15) is 6.17 Å². The summed E-state index contributed by atoms with van der Waals surface area (Å²) in [4.78, 5) is 11.7. The molecular weight excluding hydrogens is 217 g/mol. The van der Waals surface area contributed by atoms with Crippen LogP contribution in [0.25, 0.3) is 0 Å². The summed E-state index contributed by atoms with van der Waals surface area (Å²) in [5, 5.41) is 0.261. The highest BCUT2D eigenvalue weighted by atomic mass is 35.5. The first-order valence-electron chi connectivity index (χ1n) is 4.67. The van der Waals surface area contributed by atoms with Crippen molar-refractivity contribution in [2.75, 3.05) is 0 Å². The first kappa shape index (κ1) is 12.1. The molecule has 0 aliphatic carbocycles. The molecule has 2 atom stereocenters. The zero-order valence-electron chi connectivity index (χ0n) is 8.63. The minimum absolute atomic E-state index is 0.224. The number of carbonyl (C=O) groups excluding carboxylic acids is 1. The van der Waals surface area contributed by atoms with E-state index in [2.05, 4.69) is 0 Å². The van der Waals surface area contributed by atoms with Gasteiger partial charge in [-0.15, -0.1) is 0 Å². The Labute approximate surface area is 93.2 Å². The lowest BCUT2D eigenvalue weighted by Crippen LogP contribution is -2.27. The smallest absolute Gasteiger partial charge is 0.179 e. The monoisotopic (exact) mass is 229 g/mol. The van der Waals surface area contributed by atoms with Crippen molar-refractivity contribution in [3.63, 3.8) is 0 Å². The van der Waals surface area contributed by atoms with Crippen molar-refractivity contribution in [2.45, 2.75) is 26.1 Å². The van der Waals surface area contributed by atoms with E-state index in [-0.39, 0.29) is 21.9 Å². The average molecular weight is 230 g/mol. The van der Waals surface area contributed by atoms with Gasteiger partial charge in [-0.1, -0.05) is 23.7 Å². The fourth-order valence-electron chi connectivity index (χ4n) is 1.40. The summed E-state index contributed by atoms with van der Waals surface area (Å²) in [5.41, 5.74) is 5.97. The van der Waals surface area contributed by atoms with Gasteiger partial charge >= 0.3 is 0 Å². The number of halogens is 2. The lowest BCUT2D eigenvalue weighted by molar-refractivity contribution is 0.0965. The lowest BCUT2D eigenvalue weighted by atomic mass is 9.97. The zero-order valence-corrected chi connectivity index (χ0v) is 9.38. The van der Waals surface area contributed by atoms with E-state index in [0.717, 1.165) is 0 Å². The summed E-state index contributed by atoms with van der Waals surface area (Å²) >= 11 is 5.84. The van der Waals surface area contributed by atoms with E-state index in [9.17, 15) is 9.18 Å². The van der Waals surface area contributed by atoms with Crippen LogP contribution in [0.4, 0.5) is 4.39 Å². The normalized spacial score (nSPS) is 14.7. The number of hydrogen-bond donors (Lipinski definition) is 1. The molecular formula is C11H13ClFNO. The standard InChI is InChI=1S/C11H13ClFNO/c1-6(13)10-8(11(15)7(2)14)4-3-5-9(10)12/h3-7H,14H2,1-2H3. The molecule has 15 heavy (non-hydrogen) atoms. The number of nitrogens with two attached hydrogens (primary N) is 1. The summed E-state index contributed by atoms with van der Waals surface area (Å²) in [7, 11) is 0. The van der Waals surface area contributed by atoms with Gasteiger partial charge in [0.2, 0.25) is 0 Å². The van der Waals surface area contributed by atoms with Crippen LogP contribution in [-0.2, 0) is 0 Å². The average Bonchev–Trinajstić information content (AvgIpc) is 2.15. The van der Waals surface area contributed by atoms with Gasteiger partial charge in [-0.2, -0.15) is 0 Å². The van der Waals surface area contributed by atoms with Crippen LogP contribution in [0.3, 0.4) is 0 Å². The number of ketones is 1. The number of carbonyl (C=O) groups is 1. The van der Waals surface area contributed by atoms with E-state index in [0.29, 0.717) is 0 Å². The third kappa shape index (κ3) is 2.55. The molecule has 0 bridgehead atoms. The molecule has 0 saturated heterocycles. The van der Waals surface area contributed by atoms with Crippen molar-refractivity contribution in [2.24, 2.45) is 5.73 Å². The van der Waals surface area contributed by atoms with Crippen LogP contribution in [0.1, 0.15) is 35.9 Å². The van der Waals surface area contributed by atoms with Gasteiger partial charge in [-0.3, -0.25) is 4.79 Å². The Balaban J connectivity index is 3.29. The Kier molecular flexibility index (Phi) is 3.83. The van der Waals surface area contributed by atoms with Crippen LogP contribution in [0.2, 0.25) is 5.02 Å². The first-order chi connectivity index (χ1) is 6.95. The molecule has 0 saturated carbocycles. The summed E-state index contributed by atoms with van der Waals surface area (Å²) in [5.74, 6) is -0.294. The zero-order chi connectivity index (χ0) is 11.6.